The van der Waals surface area contributed by atoms with Crippen LogP contribution < -0.4 is 10.2 Å². The fourth-order valence-electron chi connectivity index (χ4n) is 5.26. The summed E-state index contributed by atoms with van der Waals surface area (Å²) in [6.07, 6.45) is 8.77. The van der Waals surface area contributed by atoms with Crippen LogP contribution in [0.5, 0.6) is 5.75 Å². The van der Waals surface area contributed by atoms with E-state index in [1.165, 1.54) is 49.4 Å². The third-order valence-electron chi connectivity index (χ3n) is 7.41. The van der Waals surface area contributed by atoms with Crippen LogP contribution in [0.4, 0.5) is 0 Å². The van der Waals surface area contributed by atoms with Gasteiger partial charge in [-0.15, -0.1) is 10.2 Å². The molecule has 7 heteroatoms. The van der Waals surface area contributed by atoms with Crippen LogP contribution in [0.1, 0.15) is 90.1 Å². The van der Waals surface area contributed by atoms with Crippen LogP contribution in [-0.2, 0) is 0 Å². The number of carbonyl (C=O) groups is 1. The van der Waals surface area contributed by atoms with Gasteiger partial charge in [0.15, 0.2) is 11.6 Å². The molecule has 2 fully saturated rings. The third-order valence-corrected chi connectivity index (χ3v) is 8.62. The van der Waals surface area contributed by atoms with Crippen LogP contribution >= 0.6 is 11.8 Å². The maximum Gasteiger partial charge on any atom is 0.210 e. The Balaban J connectivity index is 1.30. The molecule has 1 aromatic heterocycles. The average Bonchev–Trinajstić information content (AvgIpc) is 3.67. The van der Waals surface area contributed by atoms with E-state index in [0.29, 0.717) is 11.8 Å². The number of fused-ring (bicyclic) bond motifs is 1. The second kappa shape index (κ2) is 9.10. The quantitative estimate of drug-likeness (QED) is 0.452. The highest BCUT2D eigenvalue weighted by atomic mass is 32.2. The van der Waals surface area contributed by atoms with Crippen LogP contribution in [0, 0.1) is 0 Å². The summed E-state index contributed by atoms with van der Waals surface area (Å²) >= 11 is 1.52. The maximum absolute atomic E-state index is 13.8. The largest absolute Gasteiger partial charge is 0.497 e. The Hall–Kier alpha value is -2.80. The summed E-state index contributed by atoms with van der Waals surface area (Å²) in [6, 6.07) is 16.2. The Kier molecular flexibility index (Phi) is 5.81. The average molecular weight is 475 g/mol. The second-order valence-electron chi connectivity index (χ2n) is 9.69. The van der Waals surface area contributed by atoms with Gasteiger partial charge in [0.05, 0.1) is 13.2 Å². The van der Waals surface area contributed by atoms with Gasteiger partial charge < -0.3 is 10.2 Å². The van der Waals surface area contributed by atoms with E-state index in [2.05, 4.69) is 27.8 Å². The molecule has 2 atom stereocenters. The highest BCUT2D eigenvalue weighted by Crippen LogP contribution is 2.44. The summed E-state index contributed by atoms with van der Waals surface area (Å²) in [5.41, 5.74) is 6.77. The van der Waals surface area contributed by atoms with E-state index in [-0.39, 0.29) is 17.1 Å². The van der Waals surface area contributed by atoms with Crippen molar-refractivity contribution in [1.82, 2.24) is 14.9 Å². The Morgan fingerprint density at radius 1 is 0.912 bits per heavy atom. The van der Waals surface area contributed by atoms with Gasteiger partial charge in [-0.25, -0.2) is 4.68 Å². The molecule has 0 amide bonds. The molecule has 2 aliphatic carbocycles. The van der Waals surface area contributed by atoms with Gasteiger partial charge in [0.1, 0.15) is 11.0 Å². The number of rotatable bonds is 6. The van der Waals surface area contributed by atoms with Crippen LogP contribution in [-0.4, -0.2) is 33.0 Å². The molecule has 2 unspecified atom stereocenters. The highest BCUT2D eigenvalue weighted by Gasteiger charge is 2.40. The molecule has 6 nitrogen and oxygen atoms in total. The number of nitrogens with one attached hydrogen (secondary N) is 1. The monoisotopic (exact) mass is 474 g/mol. The molecule has 0 saturated heterocycles. The maximum atomic E-state index is 13.8. The zero-order valence-corrected chi connectivity index (χ0v) is 20.3. The number of methoxy groups -OCH3 is 1. The first kappa shape index (κ1) is 21.7. The normalized spacial score (nSPS) is 22.6. The fraction of sp³-hybridized carbons (Fsp3) is 0.444. The fourth-order valence-corrected chi connectivity index (χ4v) is 6.42. The SMILES string of the molecule is COc1ccc(C2Nn3c(nnc3C3CC3)SC2C(=O)c2ccc(C3CCCCC3)cc2)cc1. The molecule has 2 heterocycles. The van der Waals surface area contributed by atoms with Crippen molar-refractivity contribution in [2.75, 3.05) is 12.5 Å². The van der Waals surface area contributed by atoms with Gasteiger partial charge in [-0.2, -0.15) is 0 Å². The lowest BCUT2D eigenvalue weighted by atomic mass is 9.83. The summed E-state index contributed by atoms with van der Waals surface area (Å²) in [5, 5.41) is 9.29. The standard InChI is InChI=1S/C27H30N4O2S/c1-33-22-15-13-19(14-16-22)23-25(34-27-29-28-26(21-11-12-21)31(27)30-23)24(32)20-9-7-18(8-10-20)17-5-3-2-4-6-17/h7-10,13-17,21,23,25,30H,2-6,11-12H2,1H3. The van der Waals surface area contributed by atoms with Crippen molar-refractivity contribution >= 4 is 17.5 Å². The highest BCUT2D eigenvalue weighted by molar-refractivity contribution is 8.00. The van der Waals surface area contributed by atoms with Gasteiger partial charge in [-0.1, -0.05) is 67.4 Å². The lowest BCUT2D eigenvalue weighted by molar-refractivity contribution is 0.0980. The molecule has 2 saturated carbocycles. The van der Waals surface area contributed by atoms with Gasteiger partial charge in [0.25, 0.3) is 0 Å². The number of thioether (sulfide) groups is 1. The zero-order chi connectivity index (χ0) is 23.1. The van der Waals surface area contributed by atoms with Crippen LogP contribution in [0.3, 0.4) is 0 Å². The number of benzene rings is 2. The molecule has 0 bridgehead atoms. The van der Waals surface area contributed by atoms with Gasteiger partial charge in [-0.3, -0.25) is 4.79 Å². The number of Topliss-reactive ketones (excluding diaryl/α,β-unsaturated/α-hetero) is 1. The molecular weight excluding hydrogens is 444 g/mol. The van der Waals surface area contributed by atoms with Crippen LogP contribution in [0.2, 0.25) is 0 Å². The van der Waals surface area contributed by atoms with Crippen molar-refractivity contribution < 1.29 is 9.53 Å². The number of ether oxygens (including phenoxy) is 1. The van der Waals surface area contributed by atoms with Crippen molar-refractivity contribution in [1.29, 1.82) is 0 Å². The number of nitrogens with zero attached hydrogens (tertiary/aromatic N) is 3. The molecule has 1 aliphatic heterocycles. The molecule has 0 spiro atoms. The van der Waals surface area contributed by atoms with Crippen molar-refractivity contribution in [2.45, 2.75) is 73.2 Å². The van der Waals surface area contributed by atoms with E-state index in [9.17, 15) is 4.79 Å². The minimum absolute atomic E-state index is 0.121. The summed E-state index contributed by atoms with van der Waals surface area (Å²) in [4.78, 5) is 13.8. The first-order chi connectivity index (χ1) is 16.7. The van der Waals surface area contributed by atoms with E-state index in [4.69, 9.17) is 4.74 Å². The molecule has 176 valence electrons. The van der Waals surface area contributed by atoms with Gasteiger partial charge in [0, 0.05) is 11.5 Å². The molecule has 34 heavy (non-hydrogen) atoms. The number of hydrogen-bond acceptors (Lipinski definition) is 6. The number of aromatic nitrogens is 3. The Morgan fingerprint density at radius 2 is 1.62 bits per heavy atom. The Labute approximate surface area is 204 Å². The molecule has 0 radical (unpaired) electrons. The van der Waals surface area contributed by atoms with Crippen molar-refractivity contribution in [3.05, 3.63) is 71.0 Å². The van der Waals surface area contributed by atoms with E-state index in [0.717, 1.165) is 40.7 Å². The predicted molar refractivity (Wildman–Crippen MR) is 133 cm³/mol. The van der Waals surface area contributed by atoms with Crippen molar-refractivity contribution in [3.63, 3.8) is 0 Å². The minimum Gasteiger partial charge on any atom is -0.497 e. The smallest absolute Gasteiger partial charge is 0.210 e. The summed E-state index contributed by atoms with van der Waals surface area (Å²) < 4.78 is 7.35. The Morgan fingerprint density at radius 3 is 2.29 bits per heavy atom. The summed E-state index contributed by atoms with van der Waals surface area (Å²) in [5.74, 6) is 3.00. The summed E-state index contributed by atoms with van der Waals surface area (Å²) in [7, 11) is 1.67. The van der Waals surface area contributed by atoms with Crippen LogP contribution in [0.25, 0.3) is 0 Å². The molecule has 6 rings (SSSR count). The zero-order valence-electron chi connectivity index (χ0n) is 19.4. The predicted octanol–water partition coefficient (Wildman–Crippen LogP) is 5.85. The molecule has 3 aliphatic rings. The molecule has 2 aromatic carbocycles. The summed E-state index contributed by atoms with van der Waals surface area (Å²) in [6.45, 7) is 0. The molecule has 3 aromatic rings. The molecular formula is C27H30N4O2S. The third kappa shape index (κ3) is 4.11. The van der Waals surface area contributed by atoms with E-state index in [1.54, 1.807) is 7.11 Å². The minimum atomic E-state index is -0.335. The number of carbonyl (C=O) groups excluding carboxylic acids is 1. The second-order valence-corrected chi connectivity index (χ2v) is 10.8. The van der Waals surface area contributed by atoms with Crippen molar-refractivity contribution in [2.24, 2.45) is 0 Å². The van der Waals surface area contributed by atoms with Gasteiger partial charge in [0.2, 0.25) is 5.16 Å². The van der Waals surface area contributed by atoms with E-state index in [1.807, 2.05) is 41.1 Å². The number of ketones is 1. The van der Waals surface area contributed by atoms with Crippen molar-refractivity contribution in [3.8, 4) is 5.75 Å². The lowest BCUT2D eigenvalue weighted by Crippen LogP contribution is -2.39. The van der Waals surface area contributed by atoms with Gasteiger partial charge >= 0.3 is 0 Å². The van der Waals surface area contributed by atoms with E-state index < -0.39 is 0 Å². The number of hydrogen-bond donors (Lipinski definition) is 1. The van der Waals surface area contributed by atoms with Gasteiger partial charge in [-0.05, 0) is 54.9 Å². The van der Waals surface area contributed by atoms with E-state index >= 15 is 0 Å². The van der Waals surface area contributed by atoms with Crippen LogP contribution in [0.15, 0.2) is 53.7 Å². The molecule has 1 N–H and O–H groups in total. The Bertz CT molecular complexity index is 1160. The lowest BCUT2D eigenvalue weighted by Gasteiger charge is -2.33. The first-order valence-electron chi connectivity index (χ1n) is 12.4. The first-order valence-corrected chi connectivity index (χ1v) is 13.3. The topological polar surface area (TPSA) is 69.0 Å².